The van der Waals surface area contributed by atoms with Gasteiger partial charge in [-0.1, -0.05) is 47.5 Å². The molecule has 6 nitrogen and oxygen atoms in total. The van der Waals surface area contributed by atoms with Crippen molar-refractivity contribution < 1.29 is 4.79 Å². The Bertz CT molecular complexity index is 1340. The molecule has 0 aliphatic carbocycles. The minimum atomic E-state index is -0.452. The number of halogens is 2. The van der Waals surface area contributed by atoms with Gasteiger partial charge in [0.2, 0.25) is 0 Å². The first-order chi connectivity index (χ1) is 15.1. The molecule has 2 aromatic heterocycles. The number of benzene rings is 3. The lowest BCUT2D eigenvalue weighted by Gasteiger charge is -2.16. The number of carbonyl (C=O) groups is 1. The molecule has 5 aromatic rings. The minimum Gasteiger partial charge on any atom is -0.342 e. The first-order valence-electron chi connectivity index (χ1n) is 9.71. The van der Waals surface area contributed by atoms with Crippen LogP contribution in [0.15, 0.2) is 66.7 Å². The van der Waals surface area contributed by atoms with Crippen LogP contribution in [0.2, 0.25) is 10.0 Å². The van der Waals surface area contributed by atoms with E-state index in [-0.39, 0.29) is 10.9 Å². The van der Waals surface area contributed by atoms with Gasteiger partial charge in [-0.05, 0) is 42.5 Å². The Morgan fingerprint density at radius 3 is 2.26 bits per heavy atom. The molecular weight excluding hydrogens is 433 g/mol. The lowest BCUT2D eigenvalue weighted by atomic mass is 10.1. The molecule has 0 saturated carbocycles. The predicted octanol–water partition coefficient (Wildman–Crippen LogP) is 5.46. The summed E-state index contributed by atoms with van der Waals surface area (Å²) in [6.45, 7) is 0. The summed E-state index contributed by atoms with van der Waals surface area (Å²) in [6, 6.07) is 19.9. The van der Waals surface area contributed by atoms with E-state index >= 15 is 0 Å². The van der Waals surface area contributed by atoms with Crippen molar-refractivity contribution in [3.05, 3.63) is 94.0 Å². The van der Waals surface area contributed by atoms with Crippen molar-refractivity contribution in [1.29, 1.82) is 0 Å². The van der Waals surface area contributed by atoms with E-state index in [4.69, 9.17) is 23.2 Å². The summed E-state index contributed by atoms with van der Waals surface area (Å²) in [6.07, 6.45) is 0.422. The van der Waals surface area contributed by atoms with Gasteiger partial charge in [-0.2, -0.15) is 0 Å². The van der Waals surface area contributed by atoms with Gasteiger partial charge in [-0.25, -0.2) is 9.97 Å². The van der Waals surface area contributed by atoms with E-state index < -0.39 is 6.04 Å². The average molecular weight is 450 g/mol. The Labute approximate surface area is 187 Å². The molecule has 1 atom stereocenters. The number of hydrogen-bond donors (Lipinski definition) is 3. The predicted molar refractivity (Wildman–Crippen MR) is 123 cm³/mol. The van der Waals surface area contributed by atoms with Crippen molar-refractivity contribution in [3.63, 3.8) is 0 Å². The first kappa shape index (κ1) is 19.6. The monoisotopic (exact) mass is 449 g/mol. The highest BCUT2D eigenvalue weighted by Gasteiger charge is 2.22. The summed E-state index contributed by atoms with van der Waals surface area (Å²) < 4.78 is 0. The summed E-state index contributed by atoms with van der Waals surface area (Å²) in [5, 5.41) is 3.80. The third kappa shape index (κ3) is 4.00. The molecule has 0 spiro atoms. The Kier molecular flexibility index (Phi) is 5.10. The smallest absolute Gasteiger partial charge is 0.253 e. The molecule has 2 heterocycles. The van der Waals surface area contributed by atoms with Crippen LogP contribution in [-0.2, 0) is 6.42 Å². The number of aromatic nitrogens is 4. The van der Waals surface area contributed by atoms with Crippen molar-refractivity contribution >= 4 is 51.2 Å². The largest absolute Gasteiger partial charge is 0.342 e. The van der Waals surface area contributed by atoms with Gasteiger partial charge in [0.15, 0.2) is 0 Å². The number of amides is 1. The third-order valence-corrected chi connectivity index (χ3v) is 5.60. The molecular formula is C23H17Cl2N5O. The maximum atomic E-state index is 13.0. The highest BCUT2D eigenvalue weighted by molar-refractivity contribution is 6.36. The molecule has 0 fully saturated rings. The number of fused-ring (bicyclic) bond motifs is 2. The number of hydrogen-bond acceptors (Lipinski definition) is 3. The Hall–Kier alpha value is -3.35. The van der Waals surface area contributed by atoms with Crippen LogP contribution in [-0.4, -0.2) is 25.8 Å². The lowest BCUT2D eigenvalue weighted by Crippen LogP contribution is -2.31. The van der Waals surface area contributed by atoms with Crippen LogP contribution in [0.5, 0.6) is 0 Å². The van der Waals surface area contributed by atoms with E-state index in [1.807, 2.05) is 48.5 Å². The zero-order chi connectivity index (χ0) is 21.4. The van der Waals surface area contributed by atoms with Crippen molar-refractivity contribution in [2.45, 2.75) is 12.5 Å². The molecule has 0 bridgehead atoms. The van der Waals surface area contributed by atoms with Crippen LogP contribution in [0.25, 0.3) is 22.1 Å². The van der Waals surface area contributed by atoms with Gasteiger partial charge in [0.1, 0.15) is 11.6 Å². The fraction of sp³-hybridized carbons (Fsp3) is 0.0870. The molecule has 0 radical (unpaired) electrons. The average Bonchev–Trinajstić information content (AvgIpc) is 3.36. The molecule has 5 rings (SSSR count). The Balaban J connectivity index is 1.50. The molecule has 3 aromatic carbocycles. The molecule has 154 valence electrons. The van der Waals surface area contributed by atoms with Crippen LogP contribution in [0, 0.1) is 0 Å². The third-order valence-electron chi connectivity index (χ3n) is 5.05. The van der Waals surface area contributed by atoms with Crippen LogP contribution in [0.3, 0.4) is 0 Å². The second-order valence-corrected chi connectivity index (χ2v) is 8.04. The maximum absolute atomic E-state index is 13.0. The summed E-state index contributed by atoms with van der Waals surface area (Å²) in [7, 11) is 0. The summed E-state index contributed by atoms with van der Waals surface area (Å²) in [5.41, 5.74) is 3.87. The van der Waals surface area contributed by atoms with Gasteiger partial charge in [0.25, 0.3) is 5.91 Å². The van der Waals surface area contributed by atoms with Crippen molar-refractivity contribution in [3.8, 4) is 0 Å². The second-order valence-electron chi connectivity index (χ2n) is 7.19. The van der Waals surface area contributed by atoms with Crippen molar-refractivity contribution in [2.24, 2.45) is 0 Å². The van der Waals surface area contributed by atoms with E-state index in [1.165, 1.54) is 0 Å². The zero-order valence-electron chi connectivity index (χ0n) is 16.2. The second kappa shape index (κ2) is 8.06. The fourth-order valence-corrected chi connectivity index (χ4v) is 4.05. The molecule has 0 aliphatic heterocycles. The molecule has 0 aliphatic rings. The molecule has 3 N–H and O–H groups in total. The number of aromatic amines is 2. The summed E-state index contributed by atoms with van der Waals surface area (Å²) >= 11 is 12.2. The summed E-state index contributed by atoms with van der Waals surface area (Å²) in [4.78, 5) is 29.0. The van der Waals surface area contributed by atoms with Crippen LogP contribution in [0.1, 0.15) is 28.0 Å². The number of nitrogens with zero attached hydrogens (tertiary/aromatic N) is 2. The molecule has 31 heavy (non-hydrogen) atoms. The van der Waals surface area contributed by atoms with Crippen molar-refractivity contribution in [1.82, 2.24) is 25.3 Å². The number of carbonyl (C=O) groups excluding carboxylic acids is 1. The van der Waals surface area contributed by atoms with Gasteiger partial charge in [0, 0.05) is 11.4 Å². The van der Waals surface area contributed by atoms with Crippen LogP contribution < -0.4 is 5.32 Å². The van der Waals surface area contributed by atoms with E-state index in [9.17, 15) is 4.79 Å². The zero-order valence-corrected chi connectivity index (χ0v) is 17.7. The van der Waals surface area contributed by atoms with Gasteiger partial charge < -0.3 is 15.3 Å². The maximum Gasteiger partial charge on any atom is 0.253 e. The Morgan fingerprint density at radius 1 is 0.903 bits per heavy atom. The molecule has 1 unspecified atom stereocenters. The van der Waals surface area contributed by atoms with E-state index in [2.05, 4.69) is 25.3 Å². The molecule has 0 saturated heterocycles. The summed E-state index contributed by atoms with van der Waals surface area (Å²) in [5.74, 6) is 1.07. The van der Waals surface area contributed by atoms with Gasteiger partial charge in [0.05, 0.1) is 38.7 Å². The van der Waals surface area contributed by atoms with Crippen LogP contribution in [0.4, 0.5) is 0 Å². The van der Waals surface area contributed by atoms with E-state index in [0.717, 1.165) is 27.9 Å². The number of rotatable bonds is 5. The standard InChI is InChI=1S/C23H17Cl2N5O/c24-13-9-10-14(15(25)11-13)23(31)30-20(22-28-18-7-3-4-8-19(18)29-22)12-21-26-16-5-1-2-6-17(16)27-21/h1-11,20H,12H2,(H,26,27)(H,28,29)(H,30,31). The SMILES string of the molecule is O=C(NC(Cc1nc2ccccc2[nH]1)c1nc2ccccc2[nH]1)c1ccc(Cl)cc1Cl. The van der Waals surface area contributed by atoms with E-state index in [1.54, 1.807) is 18.2 Å². The first-order valence-corrected chi connectivity index (χ1v) is 10.5. The molecule has 1 amide bonds. The number of para-hydroxylation sites is 4. The highest BCUT2D eigenvalue weighted by atomic mass is 35.5. The Morgan fingerprint density at radius 2 is 1.58 bits per heavy atom. The lowest BCUT2D eigenvalue weighted by molar-refractivity contribution is 0.0934. The minimum absolute atomic E-state index is 0.289. The van der Waals surface area contributed by atoms with Gasteiger partial charge in [-0.15, -0.1) is 0 Å². The topological polar surface area (TPSA) is 86.5 Å². The van der Waals surface area contributed by atoms with E-state index in [0.29, 0.717) is 22.8 Å². The highest BCUT2D eigenvalue weighted by Crippen LogP contribution is 2.24. The number of H-pyrrole nitrogens is 2. The van der Waals surface area contributed by atoms with Gasteiger partial charge >= 0.3 is 0 Å². The fourth-order valence-electron chi connectivity index (χ4n) is 3.56. The normalized spacial score (nSPS) is 12.3. The number of nitrogens with one attached hydrogen (secondary N) is 3. The van der Waals surface area contributed by atoms with Crippen molar-refractivity contribution in [2.75, 3.05) is 0 Å². The van der Waals surface area contributed by atoms with Crippen LogP contribution >= 0.6 is 23.2 Å². The number of imidazole rings is 2. The quantitative estimate of drug-likeness (QED) is 0.332. The van der Waals surface area contributed by atoms with Gasteiger partial charge in [-0.3, -0.25) is 4.79 Å². The molecule has 8 heteroatoms.